The molecule has 7 heteroatoms. The molecule has 0 radical (unpaired) electrons. The molecule has 2 saturated carbocycles. The Hall–Kier alpha value is -1.60. The van der Waals surface area contributed by atoms with Crippen LogP contribution in [0.4, 0.5) is 4.39 Å². The monoisotopic (exact) mass is 340 g/mol. The van der Waals surface area contributed by atoms with Gasteiger partial charge < -0.3 is 14.9 Å². The number of carbonyl (C=O) groups is 2. The summed E-state index contributed by atoms with van der Waals surface area (Å²) >= 11 is 1.26. The summed E-state index contributed by atoms with van der Waals surface area (Å²) in [5.74, 6) is -3.46. The van der Waals surface area contributed by atoms with Crippen LogP contribution >= 0.6 is 11.8 Å². The lowest BCUT2D eigenvalue weighted by Gasteiger charge is -2.14. The van der Waals surface area contributed by atoms with Gasteiger partial charge in [-0.15, -0.1) is 0 Å². The zero-order valence-electron chi connectivity index (χ0n) is 12.4. The van der Waals surface area contributed by atoms with Crippen LogP contribution in [0, 0.1) is 36.4 Å². The largest absolute Gasteiger partial charge is 0.481 e. The highest BCUT2D eigenvalue weighted by Gasteiger charge is 2.68. The molecular formula is C16H17FO5S. The van der Waals surface area contributed by atoms with E-state index in [1.54, 1.807) is 19.1 Å². The number of esters is 1. The predicted molar refractivity (Wildman–Crippen MR) is 80.2 cm³/mol. The molecule has 2 fully saturated rings. The molecule has 0 spiro atoms. The summed E-state index contributed by atoms with van der Waals surface area (Å²) in [6.45, 7) is 1.66. The Morgan fingerprint density at radius 3 is 2.74 bits per heavy atom. The molecule has 0 saturated heterocycles. The van der Waals surface area contributed by atoms with E-state index in [2.05, 4.69) is 0 Å². The number of aliphatic hydroxyl groups excluding tert-OH is 1. The van der Waals surface area contributed by atoms with E-state index in [0.717, 1.165) is 4.90 Å². The van der Waals surface area contributed by atoms with Crippen molar-refractivity contribution in [3.8, 4) is 0 Å². The van der Waals surface area contributed by atoms with E-state index in [-0.39, 0.29) is 30.0 Å². The summed E-state index contributed by atoms with van der Waals surface area (Å²) in [7, 11) is 0. The lowest BCUT2D eigenvalue weighted by Crippen LogP contribution is -2.24. The van der Waals surface area contributed by atoms with Crippen LogP contribution < -0.4 is 0 Å². The first-order valence-electron chi connectivity index (χ1n) is 7.36. The number of thioether (sulfide) groups is 1. The Kier molecular flexibility index (Phi) is 4.33. The number of aliphatic hydroxyl groups is 1. The lowest BCUT2D eigenvalue weighted by atomic mass is 9.99. The quantitative estimate of drug-likeness (QED) is 0.485. The summed E-state index contributed by atoms with van der Waals surface area (Å²) in [5, 5.41) is 18.9. The third-order valence-electron chi connectivity index (χ3n) is 4.68. The SMILES string of the molecule is Cc1cc(SCOC(=O)C2CC(O)C3C(C(=O)O)C23)ccc1F. The number of hydrogen-bond acceptors (Lipinski definition) is 5. The van der Waals surface area contributed by atoms with Gasteiger partial charge in [0.1, 0.15) is 11.8 Å². The smallest absolute Gasteiger partial charge is 0.310 e. The van der Waals surface area contributed by atoms with E-state index in [9.17, 15) is 19.1 Å². The number of ether oxygens (including phenoxy) is 1. The van der Waals surface area contributed by atoms with E-state index < -0.39 is 29.9 Å². The molecule has 2 aliphatic carbocycles. The van der Waals surface area contributed by atoms with Crippen molar-refractivity contribution >= 4 is 23.7 Å². The molecule has 5 unspecified atom stereocenters. The summed E-state index contributed by atoms with van der Waals surface area (Å²) in [5.41, 5.74) is 0.519. The number of hydrogen-bond donors (Lipinski definition) is 2. The number of benzene rings is 1. The van der Waals surface area contributed by atoms with E-state index in [0.29, 0.717) is 5.56 Å². The van der Waals surface area contributed by atoms with E-state index >= 15 is 0 Å². The normalized spacial score (nSPS) is 31.5. The first kappa shape index (κ1) is 16.3. The number of halogens is 1. The van der Waals surface area contributed by atoms with Gasteiger partial charge in [-0.3, -0.25) is 9.59 Å². The van der Waals surface area contributed by atoms with Crippen LogP contribution in [0.25, 0.3) is 0 Å². The van der Waals surface area contributed by atoms with Gasteiger partial charge in [-0.1, -0.05) is 11.8 Å². The van der Waals surface area contributed by atoms with E-state index in [1.807, 2.05) is 0 Å². The van der Waals surface area contributed by atoms with Crippen LogP contribution in [0.15, 0.2) is 23.1 Å². The Balaban J connectivity index is 1.52. The number of carboxylic acid groups (broad SMARTS) is 1. The molecule has 5 atom stereocenters. The Morgan fingerprint density at radius 1 is 1.39 bits per heavy atom. The van der Waals surface area contributed by atoms with Gasteiger partial charge in [-0.25, -0.2) is 4.39 Å². The standard InChI is InChI=1S/C16H17FO5S/c1-7-4-8(2-3-10(7)17)23-6-22-16(21)9-5-11(18)13-12(9)14(13)15(19)20/h2-4,9,11-14,18H,5-6H2,1H3,(H,19,20). The molecule has 5 nitrogen and oxygen atoms in total. The van der Waals surface area contributed by atoms with Crippen molar-refractivity contribution < 1.29 is 28.9 Å². The average Bonchev–Trinajstić information content (AvgIpc) is 3.15. The van der Waals surface area contributed by atoms with Crippen molar-refractivity contribution in [2.24, 2.45) is 23.7 Å². The zero-order valence-corrected chi connectivity index (χ0v) is 13.3. The van der Waals surface area contributed by atoms with Crippen LogP contribution in [0.3, 0.4) is 0 Å². The van der Waals surface area contributed by atoms with Crippen LogP contribution in [-0.2, 0) is 14.3 Å². The molecule has 3 rings (SSSR count). The minimum Gasteiger partial charge on any atom is -0.481 e. The van der Waals surface area contributed by atoms with Crippen LogP contribution in [0.1, 0.15) is 12.0 Å². The second-order valence-electron chi connectivity index (χ2n) is 6.06. The number of fused-ring (bicyclic) bond motifs is 1. The molecule has 1 aromatic rings. The van der Waals surface area contributed by atoms with Gasteiger partial charge in [0.2, 0.25) is 0 Å². The summed E-state index contributed by atoms with van der Waals surface area (Å²) in [6, 6.07) is 4.64. The molecule has 2 N–H and O–H groups in total. The summed E-state index contributed by atoms with van der Waals surface area (Å²) in [4.78, 5) is 23.9. The molecule has 0 amide bonds. The van der Waals surface area contributed by atoms with Crippen molar-refractivity contribution in [1.29, 1.82) is 0 Å². The Morgan fingerprint density at radius 2 is 2.13 bits per heavy atom. The molecule has 0 heterocycles. The van der Waals surface area contributed by atoms with Gasteiger partial charge in [0.05, 0.1) is 17.9 Å². The molecule has 0 aromatic heterocycles. The first-order chi connectivity index (χ1) is 10.9. The van der Waals surface area contributed by atoms with Gasteiger partial charge in [-0.05, 0) is 43.0 Å². The van der Waals surface area contributed by atoms with Crippen molar-refractivity contribution in [1.82, 2.24) is 0 Å². The zero-order chi connectivity index (χ0) is 16.7. The fourth-order valence-corrected chi connectivity index (χ4v) is 4.24. The van der Waals surface area contributed by atoms with Gasteiger partial charge >= 0.3 is 11.9 Å². The highest BCUT2D eigenvalue weighted by atomic mass is 32.2. The molecule has 124 valence electrons. The number of rotatable bonds is 5. The summed E-state index contributed by atoms with van der Waals surface area (Å²) < 4.78 is 18.4. The van der Waals surface area contributed by atoms with Crippen molar-refractivity contribution in [3.63, 3.8) is 0 Å². The fourth-order valence-electron chi connectivity index (χ4n) is 3.50. The fraction of sp³-hybridized carbons (Fsp3) is 0.500. The van der Waals surface area contributed by atoms with E-state index in [4.69, 9.17) is 9.84 Å². The van der Waals surface area contributed by atoms with Crippen molar-refractivity contribution in [2.75, 3.05) is 5.94 Å². The predicted octanol–water partition coefficient (Wildman–Crippen LogP) is 2.05. The second kappa shape index (κ2) is 6.13. The van der Waals surface area contributed by atoms with Crippen molar-refractivity contribution in [3.05, 3.63) is 29.6 Å². The maximum atomic E-state index is 13.2. The maximum Gasteiger partial charge on any atom is 0.310 e. The molecule has 0 aliphatic heterocycles. The molecule has 0 bridgehead atoms. The third-order valence-corrected chi connectivity index (χ3v) is 5.50. The summed E-state index contributed by atoms with van der Waals surface area (Å²) in [6.07, 6.45) is -0.482. The lowest BCUT2D eigenvalue weighted by molar-refractivity contribution is -0.148. The number of aliphatic carboxylic acids is 1. The molecular weight excluding hydrogens is 323 g/mol. The number of carboxylic acids is 1. The van der Waals surface area contributed by atoms with Crippen LogP contribution in [-0.4, -0.2) is 34.2 Å². The minimum absolute atomic E-state index is 0.0750. The Labute approximate surface area is 136 Å². The minimum atomic E-state index is -0.965. The molecule has 1 aromatic carbocycles. The highest BCUT2D eigenvalue weighted by molar-refractivity contribution is 7.99. The van der Waals surface area contributed by atoms with Gasteiger partial charge in [0, 0.05) is 10.8 Å². The van der Waals surface area contributed by atoms with Gasteiger partial charge in [-0.2, -0.15) is 0 Å². The highest BCUT2D eigenvalue weighted by Crippen LogP contribution is 2.60. The van der Waals surface area contributed by atoms with Crippen molar-refractivity contribution in [2.45, 2.75) is 24.3 Å². The maximum absolute atomic E-state index is 13.2. The van der Waals surface area contributed by atoms with E-state index in [1.165, 1.54) is 17.8 Å². The number of carbonyl (C=O) groups excluding carboxylic acids is 1. The first-order valence-corrected chi connectivity index (χ1v) is 8.35. The van der Waals surface area contributed by atoms with Crippen LogP contribution in [0.2, 0.25) is 0 Å². The second-order valence-corrected chi connectivity index (χ2v) is 7.06. The molecule has 2 aliphatic rings. The van der Waals surface area contributed by atoms with Crippen LogP contribution in [0.5, 0.6) is 0 Å². The average molecular weight is 340 g/mol. The third kappa shape index (κ3) is 3.07. The van der Waals surface area contributed by atoms with Gasteiger partial charge in [0.15, 0.2) is 0 Å². The molecule has 23 heavy (non-hydrogen) atoms. The topological polar surface area (TPSA) is 83.8 Å². The number of aryl methyl sites for hydroxylation is 1. The van der Waals surface area contributed by atoms with Gasteiger partial charge in [0.25, 0.3) is 0 Å². The Bertz CT molecular complexity index is 649.